The molecule has 2 N–H and O–H groups in total. The molecule has 7 nitrogen and oxygen atoms in total. The summed E-state index contributed by atoms with van der Waals surface area (Å²) in [6.45, 7) is 7.17. The van der Waals surface area contributed by atoms with E-state index < -0.39 is 12.7 Å². The second-order valence-electron chi connectivity index (χ2n) is 6.76. The Morgan fingerprint density at radius 2 is 1.50 bits per heavy atom. The van der Waals surface area contributed by atoms with Gasteiger partial charge in [-0.2, -0.15) is 0 Å². The molecule has 0 unspecified atom stereocenters. The van der Waals surface area contributed by atoms with Gasteiger partial charge in [-0.3, -0.25) is 4.79 Å². The summed E-state index contributed by atoms with van der Waals surface area (Å²) in [5.74, 6) is -0.141. The minimum absolute atomic E-state index is 0.141. The van der Waals surface area contributed by atoms with Crippen molar-refractivity contribution in [1.82, 2.24) is 9.80 Å². The van der Waals surface area contributed by atoms with Crippen molar-refractivity contribution in [2.75, 3.05) is 26.2 Å². The predicted molar refractivity (Wildman–Crippen MR) is 90.0 cm³/mol. The summed E-state index contributed by atoms with van der Waals surface area (Å²) in [6.07, 6.45) is -0.365. The average Bonchev–Trinajstić information content (AvgIpc) is 2.53. The summed E-state index contributed by atoms with van der Waals surface area (Å²) in [7, 11) is -1.55. The number of nitrogens with zero attached hydrogens (tertiary/aromatic N) is 2. The summed E-state index contributed by atoms with van der Waals surface area (Å²) in [4.78, 5) is 27.7. The van der Waals surface area contributed by atoms with Crippen LogP contribution in [0.2, 0.25) is 0 Å². The lowest BCUT2D eigenvalue weighted by atomic mass is 9.80. The van der Waals surface area contributed by atoms with E-state index in [2.05, 4.69) is 0 Å². The molecule has 1 fully saturated rings. The van der Waals surface area contributed by atoms with Crippen LogP contribution < -0.4 is 5.46 Å². The minimum Gasteiger partial charge on any atom is -0.444 e. The van der Waals surface area contributed by atoms with E-state index in [0.717, 1.165) is 0 Å². The monoisotopic (exact) mass is 334 g/mol. The molecule has 1 aromatic rings. The molecule has 1 aliphatic heterocycles. The number of amides is 2. The number of hydrogen-bond donors (Lipinski definition) is 2. The van der Waals surface area contributed by atoms with Gasteiger partial charge < -0.3 is 24.6 Å². The fourth-order valence-corrected chi connectivity index (χ4v) is 2.40. The number of rotatable bonds is 2. The van der Waals surface area contributed by atoms with Crippen LogP contribution in [0.5, 0.6) is 0 Å². The van der Waals surface area contributed by atoms with Crippen molar-refractivity contribution in [3.8, 4) is 0 Å². The first-order valence-corrected chi connectivity index (χ1v) is 7.91. The Kier molecular flexibility index (Phi) is 5.51. The first-order valence-electron chi connectivity index (χ1n) is 7.91. The highest BCUT2D eigenvalue weighted by molar-refractivity contribution is 6.58. The van der Waals surface area contributed by atoms with Gasteiger partial charge in [-0.15, -0.1) is 0 Å². The number of benzene rings is 1. The third-order valence-corrected chi connectivity index (χ3v) is 3.67. The molecule has 0 aromatic heterocycles. The van der Waals surface area contributed by atoms with Crippen molar-refractivity contribution in [3.63, 3.8) is 0 Å². The fraction of sp³-hybridized carbons (Fsp3) is 0.500. The third kappa shape index (κ3) is 4.72. The van der Waals surface area contributed by atoms with E-state index >= 15 is 0 Å². The van der Waals surface area contributed by atoms with E-state index in [9.17, 15) is 9.59 Å². The van der Waals surface area contributed by atoms with E-state index in [1.807, 2.05) is 20.8 Å². The molecule has 1 saturated heterocycles. The Morgan fingerprint density at radius 3 is 1.96 bits per heavy atom. The molecule has 0 saturated carbocycles. The lowest BCUT2D eigenvalue weighted by Crippen LogP contribution is -2.51. The van der Waals surface area contributed by atoms with Crippen molar-refractivity contribution >= 4 is 24.6 Å². The average molecular weight is 334 g/mol. The van der Waals surface area contributed by atoms with Crippen molar-refractivity contribution < 1.29 is 24.4 Å². The Balaban J connectivity index is 1.92. The molecule has 1 aliphatic rings. The van der Waals surface area contributed by atoms with Gasteiger partial charge in [0.15, 0.2) is 0 Å². The molecular weight excluding hydrogens is 311 g/mol. The molecule has 0 spiro atoms. The number of piperazine rings is 1. The van der Waals surface area contributed by atoms with Gasteiger partial charge in [-0.05, 0) is 38.4 Å². The van der Waals surface area contributed by atoms with E-state index in [1.54, 1.807) is 21.9 Å². The number of hydrogen-bond acceptors (Lipinski definition) is 5. The van der Waals surface area contributed by atoms with Crippen LogP contribution in [-0.2, 0) is 4.74 Å². The second-order valence-corrected chi connectivity index (χ2v) is 6.76. The van der Waals surface area contributed by atoms with E-state index in [-0.39, 0.29) is 12.0 Å². The van der Waals surface area contributed by atoms with Crippen LogP contribution in [0, 0.1) is 0 Å². The maximum absolute atomic E-state index is 12.5. The third-order valence-electron chi connectivity index (χ3n) is 3.67. The van der Waals surface area contributed by atoms with Gasteiger partial charge in [0.2, 0.25) is 0 Å². The van der Waals surface area contributed by atoms with E-state index in [1.165, 1.54) is 12.1 Å². The molecule has 0 radical (unpaired) electrons. The van der Waals surface area contributed by atoms with Gasteiger partial charge in [-0.25, -0.2) is 4.79 Å². The molecule has 0 bridgehead atoms. The zero-order chi connectivity index (χ0) is 17.9. The van der Waals surface area contributed by atoms with Gasteiger partial charge in [0.1, 0.15) is 5.60 Å². The quantitative estimate of drug-likeness (QED) is 0.747. The van der Waals surface area contributed by atoms with Crippen LogP contribution in [0.1, 0.15) is 31.1 Å². The van der Waals surface area contributed by atoms with Crippen molar-refractivity contribution in [1.29, 1.82) is 0 Å². The van der Waals surface area contributed by atoms with E-state index in [0.29, 0.717) is 37.2 Å². The highest BCUT2D eigenvalue weighted by atomic mass is 16.6. The normalized spacial score (nSPS) is 15.2. The van der Waals surface area contributed by atoms with Crippen molar-refractivity contribution in [3.05, 3.63) is 29.8 Å². The zero-order valence-electron chi connectivity index (χ0n) is 14.2. The molecule has 0 aliphatic carbocycles. The maximum Gasteiger partial charge on any atom is 0.488 e. The second kappa shape index (κ2) is 7.23. The highest BCUT2D eigenvalue weighted by Gasteiger charge is 2.28. The molecule has 2 amide bonds. The molecule has 130 valence electrons. The molecule has 1 heterocycles. The van der Waals surface area contributed by atoms with Crippen molar-refractivity contribution in [2.24, 2.45) is 0 Å². The summed E-state index contributed by atoms with van der Waals surface area (Å²) < 4.78 is 5.33. The smallest absolute Gasteiger partial charge is 0.444 e. The van der Waals surface area contributed by atoms with Crippen LogP contribution in [0.25, 0.3) is 0 Å². The Bertz CT molecular complexity index is 589. The summed E-state index contributed by atoms with van der Waals surface area (Å²) in [5, 5.41) is 18.1. The molecular formula is C16H23BN2O5. The summed E-state index contributed by atoms with van der Waals surface area (Å²) in [5.41, 5.74) is 0.273. The molecule has 0 atom stereocenters. The lowest BCUT2D eigenvalue weighted by molar-refractivity contribution is 0.0141. The SMILES string of the molecule is CC(C)(C)OC(=O)N1CCN(C(=O)c2ccc(B(O)O)cc2)CC1. The summed E-state index contributed by atoms with van der Waals surface area (Å²) in [6, 6.07) is 6.15. The van der Waals surface area contributed by atoms with Crippen molar-refractivity contribution in [2.45, 2.75) is 26.4 Å². The number of carbonyl (C=O) groups excluding carboxylic acids is 2. The Morgan fingerprint density at radius 1 is 1.00 bits per heavy atom. The minimum atomic E-state index is -1.55. The summed E-state index contributed by atoms with van der Waals surface area (Å²) >= 11 is 0. The number of ether oxygens (including phenoxy) is 1. The lowest BCUT2D eigenvalue weighted by Gasteiger charge is -2.35. The van der Waals surface area contributed by atoms with Crippen LogP contribution in [-0.4, -0.2) is 70.7 Å². The first-order chi connectivity index (χ1) is 11.2. The fourth-order valence-electron chi connectivity index (χ4n) is 2.40. The molecule has 24 heavy (non-hydrogen) atoms. The highest BCUT2D eigenvalue weighted by Crippen LogP contribution is 2.13. The molecule has 2 rings (SSSR count). The zero-order valence-corrected chi connectivity index (χ0v) is 14.2. The molecule has 8 heteroatoms. The van der Waals surface area contributed by atoms with Crippen LogP contribution in [0.4, 0.5) is 4.79 Å². The van der Waals surface area contributed by atoms with Gasteiger partial charge >= 0.3 is 13.2 Å². The van der Waals surface area contributed by atoms with Gasteiger partial charge in [-0.1, -0.05) is 12.1 Å². The van der Waals surface area contributed by atoms with Gasteiger partial charge in [0.05, 0.1) is 0 Å². The Hall–Kier alpha value is -2.06. The van der Waals surface area contributed by atoms with Gasteiger partial charge in [0, 0.05) is 31.7 Å². The van der Waals surface area contributed by atoms with Crippen LogP contribution >= 0.6 is 0 Å². The van der Waals surface area contributed by atoms with E-state index in [4.69, 9.17) is 14.8 Å². The number of carbonyl (C=O) groups is 2. The van der Waals surface area contributed by atoms with Crippen LogP contribution in [0.15, 0.2) is 24.3 Å². The maximum atomic E-state index is 12.5. The largest absolute Gasteiger partial charge is 0.488 e. The Labute approximate surface area is 142 Å². The van der Waals surface area contributed by atoms with Crippen LogP contribution in [0.3, 0.4) is 0 Å². The first kappa shape index (κ1) is 18.3. The van der Waals surface area contributed by atoms with Gasteiger partial charge in [0.25, 0.3) is 5.91 Å². The topological polar surface area (TPSA) is 90.3 Å². The molecule has 1 aromatic carbocycles. The standard InChI is InChI=1S/C16H23BN2O5/c1-16(2,3)24-15(21)19-10-8-18(9-11-19)14(20)12-4-6-13(7-5-12)17(22)23/h4-7,22-23H,8-11H2,1-3H3. The predicted octanol–water partition coefficient (Wildman–Crippen LogP) is 0.0593.